The molecule has 19 heavy (non-hydrogen) atoms. The first-order valence-corrected chi connectivity index (χ1v) is 6.75. The maximum atomic E-state index is 12.9. The van der Waals surface area contributed by atoms with Crippen molar-refractivity contribution in [3.63, 3.8) is 0 Å². The summed E-state index contributed by atoms with van der Waals surface area (Å²) in [5, 5.41) is 0. The van der Waals surface area contributed by atoms with Crippen LogP contribution in [0.3, 0.4) is 0 Å². The lowest BCUT2D eigenvalue weighted by molar-refractivity contribution is -0.164. The van der Waals surface area contributed by atoms with Gasteiger partial charge >= 0.3 is 5.97 Å². The van der Waals surface area contributed by atoms with E-state index < -0.39 is 10.5 Å². The largest absolute Gasteiger partial charge is 0.460 e. The van der Waals surface area contributed by atoms with Gasteiger partial charge in [-0.25, -0.2) is 4.39 Å². The van der Waals surface area contributed by atoms with Crippen LogP contribution in [-0.4, -0.2) is 11.6 Å². The highest BCUT2D eigenvalue weighted by Gasteiger charge is 2.48. The zero-order valence-corrected chi connectivity index (χ0v) is 12.1. The van der Waals surface area contributed by atoms with Gasteiger partial charge in [-0.15, -0.1) is 11.6 Å². The van der Waals surface area contributed by atoms with Crippen LogP contribution >= 0.6 is 11.6 Å². The molecule has 1 aliphatic carbocycles. The van der Waals surface area contributed by atoms with Gasteiger partial charge in [-0.2, -0.15) is 0 Å². The van der Waals surface area contributed by atoms with Crippen LogP contribution in [0.15, 0.2) is 24.3 Å². The van der Waals surface area contributed by atoms with Crippen LogP contribution in [0, 0.1) is 11.7 Å². The highest BCUT2D eigenvalue weighted by molar-refractivity contribution is 6.25. The minimum atomic E-state index is -0.560. The number of esters is 1. The zero-order valence-electron chi connectivity index (χ0n) is 11.4. The van der Waals surface area contributed by atoms with Crippen LogP contribution in [-0.2, 0) is 14.4 Å². The summed E-state index contributed by atoms with van der Waals surface area (Å²) in [7, 11) is 0. The molecule has 1 aromatic rings. The fourth-order valence-electron chi connectivity index (χ4n) is 2.26. The summed E-state index contributed by atoms with van der Waals surface area (Å²) in [5.74, 6) is -0.653. The first-order chi connectivity index (χ1) is 8.70. The number of carbonyl (C=O) groups is 1. The Morgan fingerprint density at radius 1 is 1.32 bits per heavy atom. The highest BCUT2D eigenvalue weighted by Crippen LogP contribution is 2.51. The quantitative estimate of drug-likeness (QED) is 0.606. The molecule has 0 bridgehead atoms. The molecule has 4 heteroatoms. The van der Waals surface area contributed by atoms with Gasteiger partial charge in [0.15, 0.2) is 0 Å². The fourth-order valence-corrected chi connectivity index (χ4v) is 2.76. The van der Waals surface area contributed by atoms with Gasteiger partial charge in [0.05, 0.1) is 10.8 Å². The van der Waals surface area contributed by atoms with Gasteiger partial charge in [0.25, 0.3) is 0 Å². The Bertz CT molecular complexity index is 470. The van der Waals surface area contributed by atoms with Crippen LogP contribution in [0.25, 0.3) is 0 Å². The van der Waals surface area contributed by atoms with E-state index in [1.807, 2.05) is 20.8 Å². The van der Waals surface area contributed by atoms with Gasteiger partial charge in [0, 0.05) is 0 Å². The smallest absolute Gasteiger partial charge is 0.309 e. The molecule has 2 nitrogen and oxygen atoms in total. The molecule has 104 valence electrons. The standard InChI is InChI=1S/C15H18ClFO2/c1-14(2,3)19-13(18)10-8-15(16,9-10)11-4-6-12(17)7-5-11/h4-7,10H,8-9H2,1-3H3. The van der Waals surface area contributed by atoms with Crippen molar-refractivity contribution in [1.82, 2.24) is 0 Å². The van der Waals surface area contributed by atoms with Crippen LogP contribution in [0.5, 0.6) is 0 Å². The van der Waals surface area contributed by atoms with E-state index in [9.17, 15) is 9.18 Å². The van der Waals surface area contributed by atoms with Gasteiger partial charge < -0.3 is 4.74 Å². The molecule has 0 N–H and O–H groups in total. The Labute approximate surface area is 117 Å². The summed E-state index contributed by atoms with van der Waals surface area (Å²) >= 11 is 6.47. The van der Waals surface area contributed by atoms with Crippen molar-refractivity contribution in [2.24, 2.45) is 5.92 Å². The molecule has 0 radical (unpaired) electrons. The minimum absolute atomic E-state index is 0.165. The molecule has 1 saturated carbocycles. The van der Waals surface area contributed by atoms with Gasteiger partial charge in [0.2, 0.25) is 0 Å². The molecule has 0 aromatic heterocycles. The third-order valence-corrected chi connectivity index (χ3v) is 3.77. The summed E-state index contributed by atoms with van der Waals surface area (Å²) in [5.41, 5.74) is 0.382. The number of hydrogen-bond acceptors (Lipinski definition) is 2. The van der Waals surface area contributed by atoms with E-state index in [-0.39, 0.29) is 17.7 Å². The van der Waals surface area contributed by atoms with E-state index in [0.29, 0.717) is 12.8 Å². The molecule has 0 amide bonds. The monoisotopic (exact) mass is 284 g/mol. The van der Waals surface area contributed by atoms with E-state index in [0.717, 1.165) is 5.56 Å². The van der Waals surface area contributed by atoms with Crippen molar-refractivity contribution < 1.29 is 13.9 Å². The molecular formula is C15H18ClFO2. The number of hydrogen-bond donors (Lipinski definition) is 0. The first-order valence-electron chi connectivity index (χ1n) is 6.37. The number of alkyl halides is 1. The molecule has 0 saturated heterocycles. The van der Waals surface area contributed by atoms with E-state index in [4.69, 9.17) is 16.3 Å². The maximum absolute atomic E-state index is 12.9. The van der Waals surface area contributed by atoms with Crippen molar-refractivity contribution in [1.29, 1.82) is 0 Å². The number of ether oxygens (including phenoxy) is 1. The van der Waals surface area contributed by atoms with E-state index in [1.54, 1.807) is 12.1 Å². The predicted molar refractivity (Wildman–Crippen MR) is 72.5 cm³/mol. The van der Waals surface area contributed by atoms with E-state index >= 15 is 0 Å². The molecule has 1 fully saturated rings. The van der Waals surface area contributed by atoms with Crippen LogP contribution in [0.1, 0.15) is 39.2 Å². The molecule has 0 spiro atoms. The van der Waals surface area contributed by atoms with E-state index in [2.05, 4.69) is 0 Å². The molecular weight excluding hydrogens is 267 g/mol. The lowest BCUT2D eigenvalue weighted by Crippen LogP contribution is -2.43. The van der Waals surface area contributed by atoms with Gasteiger partial charge in [0.1, 0.15) is 11.4 Å². The third kappa shape index (κ3) is 3.27. The van der Waals surface area contributed by atoms with Crippen LogP contribution < -0.4 is 0 Å². The average molecular weight is 285 g/mol. The average Bonchev–Trinajstić information content (AvgIpc) is 2.23. The van der Waals surface area contributed by atoms with Gasteiger partial charge in [-0.05, 0) is 51.3 Å². The third-order valence-electron chi connectivity index (χ3n) is 3.24. The Balaban J connectivity index is 1.98. The first kappa shape index (κ1) is 14.3. The van der Waals surface area contributed by atoms with Crippen LogP contribution in [0.2, 0.25) is 0 Å². The fraction of sp³-hybridized carbons (Fsp3) is 0.533. The zero-order chi connectivity index (χ0) is 14.3. The summed E-state index contributed by atoms with van der Waals surface area (Å²) in [4.78, 5) is 11.3. The molecule has 0 heterocycles. The topological polar surface area (TPSA) is 26.3 Å². The summed E-state index contributed by atoms with van der Waals surface area (Å²) in [6.45, 7) is 5.53. The Morgan fingerprint density at radius 2 is 1.84 bits per heavy atom. The van der Waals surface area contributed by atoms with Gasteiger partial charge in [-0.1, -0.05) is 12.1 Å². The normalized spacial score (nSPS) is 26.7. The Kier molecular flexibility index (Phi) is 3.61. The minimum Gasteiger partial charge on any atom is -0.460 e. The SMILES string of the molecule is CC(C)(C)OC(=O)C1CC(Cl)(c2ccc(F)cc2)C1. The molecule has 0 aliphatic heterocycles. The second-order valence-electron chi connectivity index (χ2n) is 6.11. The molecule has 1 aliphatic rings. The molecule has 1 aromatic carbocycles. The molecule has 0 atom stereocenters. The van der Waals surface area contributed by atoms with E-state index in [1.165, 1.54) is 12.1 Å². The Hall–Kier alpha value is -1.09. The maximum Gasteiger partial charge on any atom is 0.309 e. The highest BCUT2D eigenvalue weighted by atomic mass is 35.5. The number of halogens is 2. The summed E-state index contributed by atoms with van der Waals surface area (Å²) < 4.78 is 18.2. The van der Waals surface area contributed by atoms with Crippen molar-refractivity contribution in [2.45, 2.75) is 44.1 Å². The second kappa shape index (κ2) is 4.78. The summed E-state index contributed by atoms with van der Waals surface area (Å²) in [6.07, 6.45) is 1.07. The van der Waals surface area contributed by atoms with Crippen molar-refractivity contribution in [3.8, 4) is 0 Å². The summed E-state index contributed by atoms with van der Waals surface area (Å²) in [6, 6.07) is 6.13. The van der Waals surface area contributed by atoms with Crippen molar-refractivity contribution in [3.05, 3.63) is 35.6 Å². The molecule has 2 rings (SSSR count). The van der Waals surface area contributed by atoms with Gasteiger partial charge in [-0.3, -0.25) is 4.79 Å². The Morgan fingerprint density at radius 3 is 2.32 bits per heavy atom. The number of rotatable bonds is 2. The van der Waals surface area contributed by atoms with Crippen molar-refractivity contribution >= 4 is 17.6 Å². The predicted octanol–water partition coefficient (Wildman–Crippen LogP) is 4.01. The lowest BCUT2D eigenvalue weighted by Gasteiger charge is -2.42. The number of carbonyl (C=O) groups excluding carboxylic acids is 1. The van der Waals surface area contributed by atoms with Crippen LogP contribution in [0.4, 0.5) is 4.39 Å². The lowest BCUT2D eigenvalue weighted by atomic mass is 9.70. The number of benzene rings is 1. The molecule has 0 unspecified atom stereocenters. The second-order valence-corrected chi connectivity index (χ2v) is 6.83. The van der Waals surface area contributed by atoms with Crippen molar-refractivity contribution in [2.75, 3.05) is 0 Å².